The lowest BCUT2D eigenvalue weighted by Crippen LogP contribution is -2.39. The number of hydrogen-bond acceptors (Lipinski definition) is 9. The van der Waals surface area contributed by atoms with Crippen molar-refractivity contribution >= 4 is 58.9 Å². The first-order chi connectivity index (χ1) is 24.0. The number of hydrogen-bond donors (Lipinski definition) is 2. The van der Waals surface area contributed by atoms with Crippen LogP contribution in [0.4, 0.5) is 4.39 Å². The van der Waals surface area contributed by atoms with E-state index in [1.54, 1.807) is 19.1 Å². The highest BCUT2D eigenvalue weighted by atomic mass is 79.9. The molecule has 0 fully saturated rings. The van der Waals surface area contributed by atoms with Gasteiger partial charge in [-0.1, -0.05) is 32.0 Å². The first-order valence-electron chi connectivity index (χ1n) is 17.1. The molecule has 0 aromatic heterocycles. The highest BCUT2D eigenvalue weighted by molar-refractivity contribution is 9.10. The third-order valence-corrected chi connectivity index (χ3v) is 15.7. The van der Waals surface area contributed by atoms with Gasteiger partial charge in [0.05, 0.1) is 25.9 Å². The standard InChI is InChI=1S/C19H19BrFNOS.C19H21NO5S2/c1-19(2)7-5-14(23)16-15(10-3-4-12(21)11(20)9-10)17-13(6-8-24-17)22-18(16)19;1-11-6-7-12(10-16(11)26(2,22)23)17-18-13(4-3-5-15(18)21)20-14-8-9-27(24,25)19(14)17/h3-4,9,15,22H,5-8H2,1-2H3;6-7,10,17,20H,3-5,8-9H2,1-2H3. The zero-order valence-electron chi connectivity index (χ0n) is 28.9. The second-order valence-electron chi connectivity index (χ2n) is 14.7. The first-order valence-corrected chi connectivity index (χ1v) is 22.5. The molecule has 0 bridgehead atoms. The molecule has 2 aromatic rings. The summed E-state index contributed by atoms with van der Waals surface area (Å²) >= 11 is 5.12. The van der Waals surface area contributed by atoms with Crippen LogP contribution in [0.5, 0.6) is 0 Å². The van der Waals surface area contributed by atoms with E-state index in [1.165, 1.54) is 22.7 Å². The summed E-state index contributed by atoms with van der Waals surface area (Å²) < 4.78 is 64.0. The number of Topliss-reactive ketones (excluding diaryl/α,β-unsaturated/α-hetero) is 2. The Hall–Kier alpha value is -3.00. The Kier molecular flexibility index (Phi) is 9.37. The number of aryl methyl sites for hydroxylation is 1. The van der Waals surface area contributed by atoms with Crippen molar-refractivity contribution in [3.63, 3.8) is 0 Å². The van der Waals surface area contributed by atoms with E-state index in [0.29, 0.717) is 52.6 Å². The molecule has 6 aliphatic rings. The molecule has 0 saturated heterocycles. The number of sulfone groups is 2. The number of nitrogens with one attached hydrogen (secondary N) is 2. The van der Waals surface area contributed by atoms with Crippen LogP contribution in [0.15, 0.2) is 89.5 Å². The van der Waals surface area contributed by atoms with Crippen LogP contribution in [-0.2, 0) is 29.3 Å². The molecular formula is C38H40BrFN2O6S3. The molecule has 0 spiro atoms. The third kappa shape index (κ3) is 6.50. The maximum atomic E-state index is 13.7. The van der Waals surface area contributed by atoms with E-state index < -0.39 is 25.6 Å². The molecule has 4 heterocycles. The third-order valence-electron chi connectivity index (χ3n) is 10.7. The molecular weight excluding hydrogens is 776 g/mol. The van der Waals surface area contributed by atoms with Crippen LogP contribution in [0.1, 0.15) is 87.3 Å². The molecule has 13 heteroatoms. The van der Waals surface area contributed by atoms with E-state index >= 15 is 0 Å². The van der Waals surface area contributed by atoms with Crippen molar-refractivity contribution in [3.8, 4) is 0 Å². The minimum absolute atomic E-state index is 0.0146. The first kappa shape index (κ1) is 36.4. The Morgan fingerprint density at radius 1 is 0.882 bits per heavy atom. The molecule has 0 amide bonds. The minimum Gasteiger partial charge on any atom is -0.361 e. The molecule has 4 aliphatic heterocycles. The molecule has 270 valence electrons. The van der Waals surface area contributed by atoms with Crippen molar-refractivity contribution in [2.45, 2.75) is 82.4 Å². The molecule has 2 aliphatic carbocycles. The van der Waals surface area contributed by atoms with Crippen LogP contribution in [0.2, 0.25) is 0 Å². The molecule has 2 unspecified atom stereocenters. The fourth-order valence-corrected chi connectivity index (χ4v) is 12.7. The number of ketones is 2. The van der Waals surface area contributed by atoms with Crippen LogP contribution in [0, 0.1) is 18.2 Å². The van der Waals surface area contributed by atoms with Crippen molar-refractivity contribution < 1.29 is 30.8 Å². The van der Waals surface area contributed by atoms with Crippen molar-refractivity contribution in [1.29, 1.82) is 0 Å². The molecule has 8 rings (SSSR count). The van der Waals surface area contributed by atoms with E-state index in [2.05, 4.69) is 40.4 Å². The summed E-state index contributed by atoms with van der Waals surface area (Å²) in [5.74, 6) is 0.146. The van der Waals surface area contributed by atoms with Gasteiger partial charge in [-0.05, 0) is 83.4 Å². The van der Waals surface area contributed by atoms with Gasteiger partial charge < -0.3 is 10.6 Å². The largest absolute Gasteiger partial charge is 0.361 e. The molecule has 2 aromatic carbocycles. The monoisotopic (exact) mass is 814 g/mol. The van der Waals surface area contributed by atoms with Crippen LogP contribution in [0.25, 0.3) is 0 Å². The van der Waals surface area contributed by atoms with E-state index in [1.807, 2.05) is 23.9 Å². The van der Waals surface area contributed by atoms with Crippen LogP contribution < -0.4 is 10.6 Å². The van der Waals surface area contributed by atoms with Gasteiger partial charge in [0.15, 0.2) is 31.2 Å². The summed E-state index contributed by atoms with van der Waals surface area (Å²) in [6.45, 7) is 6.11. The Bertz CT molecular complexity index is 2270. The number of carbonyl (C=O) groups is 2. The fourth-order valence-electron chi connectivity index (χ4n) is 8.17. The topological polar surface area (TPSA) is 126 Å². The predicted octanol–water partition coefficient (Wildman–Crippen LogP) is 7.39. The molecule has 8 nitrogen and oxygen atoms in total. The average molecular weight is 816 g/mol. The number of halogens is 2. The second-order valence-corrected chi connectivity index (χ2v) is 20.8. The minimum atomic E-state index is -3.50. The Morgan fingerprint density at radius 2 is 1.59 bits per heavy atom. The van der Waals surface area contributed by atoms with Crippen LogP contribution in [-0.4, -0.2) is 46.2 Å². The van der Waals surface area contributed by atoms with Gasteiger partial charge in [0.2, 0.25) is 0 Å². The molecule has 51 heavy (non-hydrogen) atoms. The summed E-state index contributed by atoms with van der Waals surface area (Å²) in [5.41, 5.74) is 7.22. The highest BCUT2D eigenvalue weighted by Gasteiger charge is 2.46. The second kappa shape index (κ2) is 13.1. The summed E-state index contributed by atoms with van der Waals surface area (Å²) in [7, 11) is -6.97. The van der Waals surface area contributed by atoms with Crippen LogP contribution in [0.3, 0.4) is 0 Å². The number of allylic oxidation sites excluding steroid dienone is 8. The average Bonchev–Trinajstić information content (AvgIpc) is 3.66. The van der Waals surface area contributed by atoms with Crippen molar-refractivity contribution in [3.05, 3.63) is 107 Å². The SMILES string of the molecule is CC1(C)CCC(=O)C2=C1NC1=C(SCC1)C2c1ccc(F)c(Br)c1.Cc1ccc(C2C3=C(CCCC3=O)NC3=C2S(=O)(=O)CC3)cc1S(C)(=O)=O. The lowest BCUT2D eigenvalue weighted by molar-refractivity contribution is -0.117. The smallest absolute Gasteiger partial charge is 0.177 e. The summed E-state index contributed by atoms with van der Waals surface area (Å²) in [6.07, 6.45) is 5.78. The van der Waals surface area contributed by atoms with E-state index in [0.717, 1.165) is 53.8 Å². The van der Waals surface area contributed by atoms with Gasteiger partial charge in [0.1, 0.15) is 5.82 Å². The number of dihydropyridines is 2. The number of rotatable bonds is 3. The number of carbonyl (C=O) groups excluding carboxylic acids is 2. The highest BCUT2D eigenvalue weighted by Crippen LogP contribution is 2.54. The lowest BCUT2D eigenvalue weighted by Gasteiger charge is -2.41. The quantitative estimate of drug-likeness (QED) is 0.326. The lowest BCUT2D eigenvalue weighted by atomic mass is 9.69. The van der Waals surface area contributed by atoms with Gasteiger partial charge in [-0.15, -0.1) is 11.8 Å². The van der Waals surface area contributed by atoms with E-state index in [4.69, 9.17) is 0 Å². The van der Waals surface area contributed by atoms with Crippen molar-refractivity contribution in [2.24, 2.45) is 5.41 Å². The summed E-state index contributed by atoms with van der Waals surface area (Å²) in [6, 6.07) is 10.1. The van der Waals surface area contributed by atoms with Crippen LogP contribution >= 0.6 is 27.7 Å². The van der Waals surface area contributed by atoms with Gasteiger partial charge in [-0.25, -0.2) is 21.2 Å². The van der Waals surface area contributed by atoms with Gasteiger partial charge >= 0.3 is 0 Å². The predicted molar refractivity (Wildman–Crippen MR) is 201 cm³/mol. The molecule has 2 atom stereocenters. The molecule has 0 radical (unpaired) electrons. The van der Waals surface area contributed by atoms with E-state index in [9.17, 15) is 30.8 Å². The zero-order chi connectivity index (χ0) is 36.6. The Labute approximate surface area is 311 Å². The van der Waals surface area contributed by atoms with E-state index in [-0.39, 0.29) is 44.3 Å². The maximum absolute atomic E-state index is 13.7. The molecule has 2 N–H and O–H groups in total. The molecule has 0 saturated carbocycles. The summed E-state index contributed by atoms with van der Waals surface area (Å²) in [5, 5.41) is 6.80. The summed E-state index contributed by atoms with van der Waals surface area (Å²) in [4.78, 5) is 27.2. The van der Waals surface area contributed by atoms with Crippen molar-refractivity contribution in [1.82, 2.24) is 10.6 Å². The van der Waals surface area contributed by atoms with Gasteiger partial charge in [-0.2, -0.15) is 0 Å². The Balaban J connectivity index is 0.000000160. The number of benzene rings is 2. The van der Waals surface area contributed by atoms with Gasteiger partial charge in [-0.3, -0.25) is 9.59 Å². The number of thioether (sulfide) groups is 1. The Morgan fingerprint density at radius 3 is 2.31 bits per heavy atom. The van der Waals surface area contributed by atoms with Crippen molar-refractivity contribution in [2.75, 3.05) is 17.8 Å². The zero-order valence-corrected chi connectivity index (χ0v) is 32.9. The normalized spacial score (nSPS) is 25.0. The van der Waals surface area contributed by atoms with Gasteiger partial charge in [0, 0.05) is 81.4 Å². The van der Waals surface area contributed by atoms with Gasteiger partial charge in [0.25, 0.3) is 0 Å². The maximum Gasteiger partial charge on any atom is 0.177 e. The fraction of sp³-hybridized carbons (Fsp3) is 0.421.